The van der Waals surface area contributed by atoms with E-state index in [-0.39, 0.29) is 30.3 Å². The van der Waals surface area contributed by atoms with Crippen LogP contribution in [0, 0.1) is 11.3 Å². The van der Waals surface area contributed by atoms with E-state index in [0.29, 0.717) is 22.6 Å². The highest BCUT2D eigenvalue weighted by Crippen LogP contribution is 2.29. The van der Waals surface area contributed by atoms with E-state index in [0.717, 1.165) is 31.2 Å². The maximum absolute atomic E-state index is 14.3. The molecule has 0 unspecified atom stereocenters. The maximum Gasteiger partial charge on any atom is 0.407 e. The van der Waals surface area contributed by atoms with Gasteiger partial charge in [0.15, 0.2) is 0 Å². The Hall–Kier alpha value is -4.24. The number of alkyl carbamates (subject to hydrolysis) is 1. The van der Waals surface area contributed by atoms with Crippen molar-refractivity contribution in [2.24, 2.45) is 0 Å². The zero-order chi connectivity index (χ0) is 29.7. The fraction of sp³-hybridized carbons (Fsp3) is 0.483. The SMILES string of the molecule is CC(C)OC(=O)NC1CCC(Nc2cc(-c3ccc4cc(C#N)cnn34)ncc2C(=O)NC[C@@H](F)C(C)(C)O)CC1. The van der Waals surface area contributed by atoms with E-state index in [4.69, 9.17) is 4.74 Å². The number of aliphatic hydroxyl groups is 1. The van der Waals surface area contributed by atoms with Crippen LogP contribution in [0.4, 0.5) is 14.9 Å². The Bertz CT molecular complexity index is 1440. The molecule has 3 aromatic heterocycles. The molecule has 1 fully saturated rings. The van der Waals surface area contributed by atoms with Crippen LogP contribution in [0.1, 0.15) is 69.3 Å². The number of nitrogens with zero attached hydrogens (tertiary/aromatic N) is 4. The summed E-state index contributed by atoms with van der Waals surface area (Å²) in [6, 6.07) is 9.22. The quantitative estimate of drug-likeness (QED) is 0.304. The number of rotatable bonds is 9. The van der Waals surface area contributed by atoms with Gasteiger partial charge in [0.05, 0.1) is 58.2 Å². The molecule has 2 amide bonds. The number of halogens is 1. The van der Waals surface area contributed by atoms with Gasteiger partial charge in [-0.1, -0.05) is 0 Å². The van der Waals surface area contributed by atoms with Crippen molar-refractivity contribution in [1.82, 2.24) is 25.2 Å². The molecule has 12 heteroatoms. The van der Waals surface area contributed by atoms with Crippen LogP contribution in [0.3, 0.4) is 0 Å². The van der Waals surface area contributed by atoms with Crippen LogP contribution in [-0.2, 0) is 4.74 Å². The average Bonchev–Trinajstić information content (AvgIpc) is 3.34. The lowest BCUT2D eigenvalue weighted by atomic mass is 9.91. The fourth-order valence-electron chi connectivity index (χ4n) is 4.69. The van der Waals surface area contributed by atoms with Crippen molar-refractivity contribution in [3.8, 4) is 17.5 Å². The smallest absolute Gasteiger partial charge is 0.407 e. The molecule has 1 saturated carbocycles. The Morgan fingerprint density at radius 2 is 1.90 bits per heavy atom. The Morgan fingerprint density at radius 3 is 2.56 bits per heavy atom. The molecule has 4 N–H and O–H groups in total. The van der Waals surface area contributed by atoms with Crippen molar-refractivity contribution in [3.63, 3.8) is 0 Å². The summed E-state index contributed by atoms with van der Waals surface area (Å²) in [5, 5.41) is 32.4. The second-order valence-corrected chi connectivity index (χ2v) is 11.1. The molecular formula is C29H36FN7O4. The summed E-state index contributed by atoms with van der Waals surface area (Å²) in [5.41, 5.74) is 1.53. The van der Waals surface area contributed by atoms with E-state index >= 15 is 0 Å². The Labute approximate surface area is 238 Å². The molecule has 3 aromatic rings. The van der Waals surface area contributed by atoms with Gasteiger partial charge in [0.2, 0.25) is 0 Å². The van der Waals surface area contributed by atoms with Crippen molar-refractivity contribution in [2.75, 3.05) is 11.9 Å². The minimum Gasteiger partial charge on any atom is -0.447 e. The predicted molar refractivity (Wildman–Crippen MR) is 151 cm³/mol. The van der Waals surface area contributed by atoms with Crippen LogP contribution in [0.2, 0.25) is 0 Å². The molecule has 0 spiro atoms. The molecule has 0 radical (unpaired) electrons. The molecule has 11 nitrogen and oxygen atoms in total. The zero-order valence-electron chi connectivity index (χ0n) is 23.6. The first-order chi connectivity index (χ1) is 19.4. The summed E-state index contributed by atoms with van der Waals surface area (Å²) < 4.78 is 21.2. The van der Waals surface area contributed by atoms with Crippen molar-refractivity contribution >= 4 is 23.2 Å². The molecule has 0 bridgehead atoms. The first-order valence-electron chi connectivity index (χ1n) is 13.7. The first kappa shape index (κ1) is 29.7. The highest BCUT2D eigenvalue weighted by atomic mass is 19.1. The second kappa shape index (κ2) is 12.5. The lowest BCUT2D eigenvalue weighted by molar-refractivity contribution is -0.00178. The summed E-state index contributed by atoms with van der Waals surface area (Å²) in [7, 11) is 0. The molecule has 0 aliphatic heterocycles. The number of nitriles is 1. The number of carbonyl (C=O) groups excluding carboxylic acids is 2. The number of hydrogen-bond acceptors (Lipinski definition) is 8. The number of fused-ring (bicyclic) bond motifs is 1. The van der Waals surface area contributed by atoms with Gasteiger partial charge in [-0.05, 0) is 77.6 Å². The molecule has 218 valence electrons. The lowest BCUT2D eigenvalue weighted by Gasteiger charge is -2.31. The molecule has 1 atom stereocenters. The Kier molecular flexibility index (Phi) is 9.08. The number of anilines is 1. The molecule has 1 aliphatic rings. The number of aromatic nitrogens is 3. The number of hydrogen-bond donors (Lipinski definition) is 4. The van der Waals surface area contributed by atoms with Gasteiger partial charge >= 0.3 is 6.09 Å². The minimum atomic E-state index is -1.66. The zero-order valence-corrected chi connectivity index (χ0v) is 23.6. The van der Waals surface area contributed by atoms with Gasteiger partial charge in [-0.3, -0.25) is 9.78 Å². The average molecular weight is 566 g/mol. The highest BCUT2D eigenvalue weighted by Gasteiger charge is 2.28. The van der Waals surface area contributed by atoms with Gasteiger partial charge in [-0.2, -0.15) is 10.4 Å². The van der Waals surface area contributed by atoms with Crippen molar-refractivity contribution in [1.29, 1.82) is 5.26 Å². The number of ether oxygens (including phenoxy) is 1. The number of amides is 2. The van der Waals surface area contributed by atoms with Crippen molar-refractivity contribution in [3.05, 3.63) is 47.8 Å². The Morgan fingerprint density at radius 1 is 1.20 bits per heavy atom. The topological polar surface area (TPSA) is 154 Å². The second-order valence-electron chi connectivity index (χ2n) is 11.1. The van der Waals surface area contributed by atoms with Crippen molar-refractivity contribution < 1.29 is 23.8 Å². The predicted octanol–water partition coefficient (Wildman–Crippen LogP) is 3.96. The standard InChI is InChI=1S/C29H36FN7O4/c1-17(2)41-28(39)36-20-7-5-19(6-8-20)35-23-12-24(25-10-9-21-11-18(13-31)14-34-37(21)25)32-15-22(23)27(38)33-16-26(30)29(3,4)40/h9-12,14-15,17,19-20,26,40H,5-8,16H2,1-4H3,(H,32,35)(H,33,38)(H,36,39)/t19?,20?,26-/m1/s1. The van der Waals surface area contributed by atoms with E-state index in [1.165, 1.54) is 26.2 Å². The van der Waals surface area contributed by atoms with Crippen LogP contribution in [0.25, 0.3) is 16.9 Å². The van der Waals surface area contributed by atoms with E-state index in [9.17, 15) is 24.3 Å². The monoisotopic (exact) mass is 565 g/mol. The number of pyridine rings is 1. The van der Waals surface area contributed by atoms with Crippen LogP contribution < -0.4 is 16.0 Å². The maximum atomic E-state index is 14.3. The normalized spacial score (nSPS) is 18.0. The van der Waals surface area contributed by atoms with Gasteiger partial charge in [-0.25, -0.2) is 13.7 Å². The minimum absolute atomic E-state index is 0.00477. The molecule has 1 aliphatic carbocycles. The van der Waals surface area contributed by atoms with Crippen LogP contribution >= 0.6 is 0 Å². The van der Waals surface area contributed by atoms with E-state index in [1.807, 2.05) is 12.1 Å². The van der Waals surface area contributed by atoms with Crippen LogP contribution in [0.15, 0.2) is 36.7 Å². The third-order valence-corrected chi connectivity index (χ3v) is 7.00. The highest BCUT2D eigenvalue weighted by molar-refractivity contribution is 6.00. The fourth-order valence-corrected chi connectivity index (χ4v) is 4.69. The van der Waals surface area contributed by atoms with Crippen LogP contribution in [-0.4, -0.2) is 68.2 Å². The first-order valence-corrected chi connectivity index (χ1v) is 13.7. The lowest BCUT2D eigenvalue weighted by Crippen LogP contribution is -2.42. The third-order valence-electron chi connectivity index (χ3n) is 7.00. The van der Waals surface area contributed by atoms with E-state index in [2.05, 4.69) is 32.1 Å². The van der Waals surface area contributed by atoms with Gasteiger partial charge in [0.25, 0.3) is 5.91 Å². The van der Waals surface area contributed by atoms with Gasteiger partial charge in [-0.15, -0.1) is 0 Å². The van der Waals surface area contributed by atoms with Crippen molar-refractivity contribution in [2.45, 2.75) is 83.3 Å². The number of nitrogens with one attached hydrogen (secondary N) is 3. The Balaban J connectivity index is 1.55. The molecule has 0 saturated heterocycles. The van der Waals surface area contributed by atoms with Gasteiger partial charge in [0, 0.05) is 18.3 Å². The summed E-state index contributed by atoms with van der Waals surface area (Å²) in [6.45, 7) is 5.92. The van der Waals surface area contributed by atoms with E-state index in [1.54, 1.807) is 30.5 Å². The summed E-state index contributed by atoms with van der Waals surface area (Å²) in [6.07, 6.45) is 3.56. The van der Waals surface area contributed by atoms with Crippen LogP contribution in [0.5, 0.6) is 0 Å². The number of carbonyl (C=O) groups is 2. The number of alkyl halides is 1. The molecular weight excluding hydrogens is 529 g/mol. The molecule has 0 aromatic carbocycles. The summed E-state index contributed by atoms with van der Waals surface area (Å²) >= 11 is 0. The molecule has 3 heterocycles. The van der Waals surface area contributed by atoms with Gasteiger partial charge < -0.3 is 25.8 Å². The summed E-state index contributed by atoms with van der Waals surface area (Å²) in [5.74, 6) is -0.526. The van der Waals surface area contributed by atoms with E-state index < -0.39 is 23.8 Å². The third kappa shape index (κ3) is 7.49. The largest absolute Gasteiger partial charge is 0.447 e. The van der Waals surface area contributed by atoms with Gasteiger partial charge in [0.1, 0.15) is 12.2 Å². The summed E-state index contributed by atoms with van der Waals surface area (Å²) in [4.78, 5) is 29.6. The molecule has 4 rings (SSSR count). The molecule has 41 heavy (non-hydrogen) atoms.